The first-order valence-corrected chi connectivity index (χ1v) is 11.7. The second-order valence-electron chi connectivity index (χ2n) is 7.97. The van der Waals surface area contributed by atoms with Crippen molar-refractivity contribution in [1.82, 2.24) is 10.6 Å². The lowest BCUT2D eigenvalue weighted by Gasteiger charge is -2.31. The summed E-state index contributed by atoms with van der Waals surface area (Å²) in [5.74, 6) is 1.03. The first kappa shape index (κ1) is 22.6. The summed E-state index contributed by atoms with van der Waals surface area (Å²) in [6, 6.07) is 9.61. The third-order valence-corrected chi connectivity index (χ3v) is 6.23. The summed E-state index contributed by atoms with van der Waals surface area (Å²) in [5, 5.41) is 18.4. The van der Waals surface area contributed by atoms with Gasteiger partial charge in [0, 0.05) is 31.1 Å². The van der Waals surface area contributed by atoms with Gasteiger partial charge in [0.15, 0.2) is 5.96 Å². The smallest absolute Gasteiger partial charge is 0.191 e. The Kier molecular flexibility index (Phi) is 8.51. The number of nitrogens with one attached hydrogen (secondary N) is 2. The number of hydrogen-bond donors (Lipinski definition) is 3. The summed E-state index contributed by atoms with van der Waals surface area (Å²) in [7, 11) is 0. The quantitative estimate of drug-likeness (QED) is 0.439. The Hall–Kier alpha value is -2.12. The Bertz CT molecular complexity index is 804. The molecule has 164 valence electrons. The van der Waals surface area contributed by atoms with Crippen molar-refractivity contribution in [3.8, 4) is 0 Å². The number of anilines is 1. The van der Waals surface area contributed by atoms with Crippen LogP contribution in [0.15, 0.2) is 40.7 Å². The maximum atomic E-state index is 14.7. The van der Waals surface area contributed by atoms with Crippen LogP contribution in [0.3, 0.4) is 0 Å². The van der Waals surface area contributed by atoms with Crippen molar-refractivity contribution in [1.29, 1.82) is 0 Å². The van der Waals surface area contributed by atoms with Crippen molar-refractivity contribution >= 4 is 23.0 Å². The number of aliphatic hydroxyl groups is 1. The van der Waals surface area contributed by atoms with E-state index < -0.39 is 0 Å². The minimum absolute atomic E-state index is 0.221. The normalized spacial score (nSPS) is 16.5. The number of rotatable bonds is 8. The second-order valence-corrected chi connectivity index (χ2v) is 9.00. The SMILES string of the molecule is CCNC(=NCc1ccc(N2CCC(O)CC2)c(F)c1)NCC(C)Cc1cccs1. The molecule has 1 aliphatic rings. The number of thiophene rings is 1. The standard InChI is InChI=1S/C23H33FN4OS/c1-3-25-23(26-15-17(2)13-20-5-4-12-30-20)27-16-18-6-7-22(21(24)14-18)28-10-8-19(29)9-11-28/h4-7,12,14,17,19,29H,3,8-11,13,15-16H2,1-2H3,(H2,25,26,27). The summed E-state index contributed by atoms with van der Waals surface area (Å²) in [6.07, 6.45) is 2.16. The number of hydrogen-bond acceptors (Lipinski definition) is 4. The molecule has 1 aromatic heterocycles. The molecule has 30 heavy (non-hydrogen) atoms. The molecule has 1 aliphatic heterocycles. The van der Waals surface area contributed by atoms with Gasteiger partial charge in [0.2, 0.25) is 0 Å². The third kappa shape index (κ3) is 6.71. The zero-order chi connectivity index (χ0) is 21.3. The van der Waals surface area contributed by atoms with Crippen molar-refractivity contribution in [2.24, 2.45) is 10.9 Å². The molecule has 1 aromatic carbocycles. The van der Waals surface area contributed by atoms with Crippen LogP contribution in [-0.4, -0.2) is 43.3 Å². The van der Waals surface area contributed by atoms with Crippen LogP contribution in [0.4, 0.5) is 10.1 Å². The number of aliphatic hydroxyl groups excluding tert-OH is 1. The number of benzene rings is 1. The summed E-state index contributed by atoms with van der Waals surface area (Å²) in [5.41, 5.74) is 1.46. The van der Waals surface area contributed by atoms with Crippen molar-refractivity contribution in [2.45, 2.75) is 45.8 Å². The highest BCUT2D eigenvalue weighted by atomic mass is 32.1. The fourth-order valence-corrected chi connectivity index (χ4v) is 4.51. The molecule has 0 bridgehead atoms. The van der Waals surface area contributed by atoms with Crippen LogP contribution in [0.5, 0.6) is 0 Å². The molecule has 1 saturated heterocycles. The van der Waals surface area contributed by atoms with Crippen molar-refractivity contribution in [2.75, 3.05) is 31.1 Å². The molecule has 0 radical (unpaired) electrons. The molecular formula is C23H33FN4OS. The molecule has 1 atom stereocenters. The van der Waals surface area contributed by atoms with E-state index in [1.807, 2.05) is 24.0 Å². The minimum Gasteiger partial charge on any atom is -0.393 e. The molecule has 1 unspecified atom stereocenters. The summed E-state index contributed by atoms with van der Waals surface area (Å²) < 4.78 is 14.7. The number of guanidine groups is 1. The van der Waals surface area contributed by atoms with E-state index in [-0.39, 0.29) is 11.9 Å². The van der Waals surface area contributed by atoms with Crippen molar-refractivity contribution < 1.29 is 9.50 Å². The molecule has 3 rings (SSSR count). The Labute approximate surface area is 183 Å². The van der Waals surface area contributed by atoms with Crippen LogP contribution in [0.25, 0.3) is 0 Å². The molecule has 3 N–H and O–H groups in total. The summed E-state index contributed by atoms with van der Waals surface area (Å²) in [6.45, 7) is 7.67. The van der Waals surface area contributed by atoms with E-state index >= 15 is 0 Å². The van der Waals surface area contributed by atoms with Crippen LogP contribution in [0.1, 0.15) is 37.1 Å². The van der Waals surface area contributed by atoms with Gasteiger partial charge in [0.05, 0.1) is 18.3 Å². The Morgan fingerprint density at radius 3 is 2.77 bits per heavy atom. The van der Waals surface area contributed by atoms with Gasteiger partial charge in [-0.3, -0.25) is 0 Å². The number of piperidine rings is 1. The van der Waals surface area contributed by atoms with Gasteiger partial charge in [0.1, 0.15) is 5.82 Å². The van der Waals surface area contributed by atoms with E-state index in [9.17, 15) is 9.50 Å². The molecule has 0 amide bonds. The highest BCUT2D eigenvalue weighted by Gasteiger charge is 2.19. The fourth-order valence-electron chi connectivity index (χ4n) is 3.64. The number of halogens is 1. The summed E-state index contributed by atoms with van der Waals surface area (Å²) in [4.78, 5) is 8.03. The molecule has 2 aromatic rings. The summed E-state index contributed by atoms with van der Waals surface area (Å²) >= 11 is 1.79. The zero-order valence-corrected chi connectivity index (χ0v) is 18.7. The van der Waals surface area contributed by atoms with Gasteiger partial charge >= 0.3 is 0 Å². The number of nitrogens with zero attached hydrogens (tertiary/aromatic N) is 2. The zero-order valence-electron chi connectivity index (χ0n) is 17.9. The second kappa shape index (κ2) is 11.3. The predicted molar refractivity (Wildman–Crippen MR) is 124 cm³/mol. The molecule has 1 fully saturated rings. The molecule has 7 heteroatoms. The average molecular weight is 433 g/mol. The van der Waals surface area contributed by atoms with Crippen molar-refractivity contribution in [3.63, 3.8) is 0 Å². The molecule has 0 spiro atoms. The van der Waals surface area contributed by atoms with Gasteiger partial charge in [0.25, 0.3) is 0 Å². The van der Waals surface area contributed by atoms with Gasteiger partial charge in [-0.15, -0.1) is 11.3 Å². The highest BCUT2D eigenvalue weighted by Crippen LogP contribution is 2.24. The molecule has 0 saturated carbocycles. The average Bonchev–Trinajstić information content (AvgIpc) is 3.24. The van der Waals surface area contributed by atoms with E-state index in [1.54, 1.807) is 17.4 Å². The maximum Gasteiger partial charge on any atom is 0.191 e. The van der Waals surface area contributed by atoms with Gasteiger partial charge in [-0.25, -0.2) is 9.38 Å². The molecule has 2 heterocycles. The first-order valence-electron chi connectivity index (χ1n) is 10.8. The lowest BCUT2D eigenvalue weighted by Crippen LogP contribution is -2.39. The van der Waals surface area contributed by atoms with E-state index in [4.69, 9.17) is 0 Å². The molecule has 5 nitrogen and oxygen atoms in total. The van der Waals surface area contributed by atoms with E-state index in [0.717, 1.165) is 31.0 Å². The lowest BCUT2D eigenvalue weighted by molar-refractivity contribution is 0.145. The van der Waals surface area contributed by atoms with E-state index in [0.29, 0.717) is 44.1 Å². The fraction of sp³-hybridized carbons (Fsp3) is 0.522. The van der Waals surface area contributed by atoms with Crippen LogP contribution >= 0.6 is 11.3 Å². The van der Waals surface area contributed by atoms with Crippen LogP contribution < -0.4 is 15.5 Å². The lowest BCUT2D eigenvalue weighted by atomic mass is 10.1. The van der Waals surface area contributed by atoms with Gasteiger partial charge in [-0.2, -0.15) is 0 Å². The largest absolute Gasteiger partial charge is 0.393 e. The van der Waals surface area contributed by atoms with E-state index in [2.05, 4.69) is 40.1 Å². The van der Waals surface area contributed by atoms with Crippen LogP contribution in [0.2, 0.25) is 0 Å². The van der Waals surface area contributed by atoms with E-state index in [1.165, 1.54) is 4.88 Å². The first-order chi connectivity index (χ1) is 14.5. The van der Waals surface area contributed by atoms with Gasteiger partial charge < -0.3 is 20.6 Å². The van der Waals surface area contributed by atoms with Crippen LogP contribution in [0, 0.1) is 11.7 Å². The minimum atomic E-state index is -0.261. The maximum absolute atomic E-state index is 14.7. The third-order valence-electron chi connectivity index (χ3n) is 5.33. The molecule has 0 aliphatic carbocycles. The monoisotopic (exact) mass is 432 g/mol. The Balaban J connectivity index is 1.55. The van der Waals surface area contributed by atoms with Crippen molar-refractivity contribution in [3.05, 3.63) is 52.0 Å². The van der Waals surface area contributed by atoms with Crippen LogP contribution in [-0.2, 0) is 13.0 Å². The predicted octanol–water partition coefficient (Wildman–Crippen LogP) is 3.78. The van der Waals surface area contributed by atoms with Gasteiger partial charge in [-0.05, 0) is 61.2 Å². The topological polar surface area (TPSA) is 59.9 Å². The Morgan fingerprint density at radius 2 is 2.10 bits per heavy atom. The highest BCUT2D eigenvalue weighted by molar-refractivity contribution is 7.09. The number of aliphatic imine (C=N–C) groups is 1. The van der Waals surface area contributed by atoms with Gasteiger partial charge in [-0.1, -0.05) is 19.1 Å². The molecular weight excluding hydrogens is 399 g/mol. The Morgan fingerprint density at radius 1 is 1.30 bits per heavy atom.